The number of nitrogens with two attached hydrogens (primary N) is 2. The molecule has 0 fully saturated rings. The molecule has 7 heteroatoms. The molecule has 0 radical (unpaired) electrons. The lowest BCUT2D eigenvalue weighted by Gasteiger charge is -2.22. The van der Waals surface area contributed by atoms with Crippen LogP contribution in [0.3, 0.4) is 0 Å². The van der Waals surface area contributed by atoms with Crippen molar-refractivity contribution < 1.29 is 14.6 Å². The monoisotopic (exact) mass is 249 g/mol. The first-order chi connectivity index (χ1) is 7.42. The van der Waals surface area contributed by atoms with Gasteiger partial charge >= 0.3 is 5.97 Å². The summed E-state index contributed by atoms with van der Waals surface area (Å²) in [5, 5.41) is 8.94. The summed E-state index contributed by atoms with van der Waals surface area (Å²) in [6.07, 6.45) is 0. The molecule has 6 nitrogen and oxygen atoms in total. The van der Waals surface area contributed by atoms with E-state index in [4.69, 9.17) is 21.3 Å². The number of hydrogen-bond acceptors (Lipinski definition) is 5. The summed E-state index contributed by atoms with van der Waals surface area (Å²) < 4.78 is 4.80. The van der Waals surface area contributed by atoms with Crippen LogP contribution in [0.15, 0.2) is 4.99 Å². The second-order valence-electron chi connectivity index (χ2n) is 3.47. The third-order valence-corrected chi connectivity index (χ3v) is 2.97. The van der Waals surface area contributed by atoms with Gasteiger partial charge in [-0.25, -0.2) is 0 Å². The zero-order valence-corrected chi connectivity index (χ0v) is 10.4. The molecule has 0 aromatic heterocycles. The van der Waals surface area contributed by atoms with E-state index in [1.165, 1.54) is 18.9 Å². The Hall–Kier alpha value is -0.790. The second kappa shape index (κ2) is 7.48. The highest BCUT2D eigenvalue weighted by molar-refractivity contribution is 7.99. The molecular formula is C9H19N3O3S. The van der Waals surface area contributed by atoms with E-state index < -0.39 is 11.5 Å². The van der Waals surface area contributed by atoms with Crippen LogP contribution >= 0.6 is 11.8 Å². The lowest BCUT2D eigenvalue weighted by Crippen LogP contribution is -2.54. The van der Waals surface area contributed by atoms with Crippen LogP contribution in [0.5, 0.6) is 0 Å². The van der Waals surface area contributed by atoms with Crippen LogP contribution in [0.1, 0.15) is 6.92 Å². The van der Waals surface area contributed by atoms with Gasteiger partial charge in [-0.2, -0.15) is 11.8 Å². The summed E-state index contributed by atoms with van der Waals surface area (Å²) in [6, 6.07) is 0. The highest BCUT2D eigenvalue weighted by Gasteiger charge is 2.33. The Morgan fingerprint density at radius 3 is 2.69 bits per heavy atom. The Kier molecular flexibility index (Phi) is 7.11. The van der Waals surface area contributed by atoms with Crippen molar-refractivity contribution in [3.05, 3.63) is 0 Å². The first-order valence-corrected chi connectivity index (χ1v) is 5.93. The van der Waals surface area contributed by atoms with Crippen molar-refractivity contribution in [1.82, 2.24) is 0 Å². The van der Waals surface area contributed by atoms with E-state index in [0.29, 0.717) is 18.1 Å². The predicted molar refractivity (Wildman–Crippen MR) is 65.9 cm³/mol. The van der Waals surface area contributed by atoms with Crippen molar-refractivity contribution in [1.29, 1.82) is 0 Å². The summed E-state index contributed by atoms with van der Waals surface area (Å²) in [5.41, 5.74) is 9.71. The molecule has 0 unspecified atom stereocenters. The first kappa shape index (κ1) is 15.2. The van der Waals surface area contributed by atoms with Gasteiger partial charge in [-0.15, -0.1) is 0 Å². The van der Waals surface area contributed by atoms with Crippen molar-refractivity contribution in [2.24, 2.45) is 16.5 Å². The lowest BCUT2D eigenvalue weighted by atomic mass is 10.1. The zero-order chi connectivity index (χ0) is 12.6. The molecule has 0 saturated heterocycles. The van der Waals surface area contributed by atoms with Crippen molar-refractivity contribution in [2.45, 2.75) is 12.5 Å². The maximum Gasteiger partial charge on any atom is 0.326 e. The van der Waals surface area contributed by atoms with Crippen molar-refractivity contribution >= 4 is 23.6 Å². The van der Waals surface area contributed by atoms with Gasteiger partial charge in [0.1, 0.15) is 5.54 Å². The second-order valence-corrected chi connectivity index (χ2v) is 4.58. The van der Waals surface area contributed by atoms with Gasteiger partial charge in [-0.1, -0.05) is 0 Å². The lowest BCUT2D eigenvalue weighted by molar-refractivity contribution is -0.144. The van der Waals surface area contributed by atoms with E-state index in [1.54, 1.807) is 6.92 Å². The number of carboxylic acid groups (broad SMARTS) is 1. The van der Waals surface area contributed by atoms with Crippen LogP contribution in [-0.2, 0) is 9.53 Å². The number of aliphatic carboxylic acids is 1. The smallest absolute Gasteiger partial charge is 0.326 e. The van der Waals surface area contributed by atoms with Gasteiger partial charge in [0.2, 0.25) is 0 Å². The number of hydrogen-bond donors (Lipinski definition) is 3. The molecule has 94 valence electrons. The average molecular weight is 249 g/mol. The highest BCUT2D eigenvalue weighted by atomic mass is 32.2. The van der Waals surface area contributed by atoms with E-state index in [1.807, 2.05) is 0 Å². The van der Waals surface area contributed by atoms with Crippen LogP contribution in [-0.4, -0.2) is 54.2 Å². The van der Waals surface area contributed by atoms with Gasteiger partial charge in [-0.3, -0.25) is 9.79 Å². The minimum atomic E-state index is -1.33. The van der Waals surface area contributed by atoms with E-state index in [0.717, 1.165) is 0 Å². The van der Waals surface area contributed by atoms with Gasteiger partial charge in [0.25, 0.3) is 0 Å². The number of carboxylic acids is 1. The molecule has 0 amide bonds. The van der Waals surface area contributed by atoms with Gasteiger partial charge in [-0.05, 0) is 6.92 Å². The maximum atomic E-state index is 10.9. The Bertz CT molecular complexity index is 256. The number of methoxy groups -OCH3 is 1. The molecule has 0 rings (SSSR count). The van der Waals surface area contributed by atoms with E-state index in [-0.39, 0.29) is 12.4 Å². The number of ether oxygens (including phenoxy) is 1. The topological polar surface area (TPSA) is 111 Å². The summed E-state index contributed by atoms with van der Waals surface area (Å²) >= 11 is 1.42. The number of thioether (sulfide) groups is 1. The van der Waals surface area contributed by atoms with Crippen molar-refractivity contribution in [3.8, 4) is 0 Å². The van der Waals surface area contributed by atoms with Crippen molar-refractivity contribution in [3.63, 3.8) is 0 Å². The largest absolute Gasteiger partial charge is 0.480 e. The molecule has 0 aliphatic heterocycles. The number of rotatable bonds is 8. The van der Waals surface area contributed by atoms with Gasteiger partial charge < -0.3 is 21.3 Å². The molecule has 0 aromatic carbocycles. The minimum Gasteiger partial charge on any atom is -0.480 e. The standard InChI is InChI=1S/C9H19N3O3S/c1-7(10)12-3-4-16-6-9(11,5-15-2)8(13)14/h3-6,11H2,1-2H3,(H2,10,12)(H,13,14)/t9-/m0/s1. The van der Waals surface area contributed by atoms with Crippen molar-refractivity contribution in [2.75, 3.05) is 31.8 Å². The van der Waals surface area contributed by atoms with Crippen LogP contribution in [0, 0.1) is 0 Å². The molecule has 1 atom stereocenters. The summed E-state index contributed by atoms with van der Waals surface area (Å²) in [5.74, 6) is 0.440. The van der Waals surface area contributed by atoms with Crippen LogP contribution in [0.25, 0.3) is 0 Å². The summed E-state index contributed by atoms with van der Waals surface area (Å²) in [6.45, 7) is 2.27. The van der Waals surface area contributed by atoms with Crippen LogP contribution in [0.4, 0.5) is 0 Å². The summed E-state index contributed by atoms with van der Waals surface area (Å²) in [7, 11) is 1.43. The molecule has 5 N–H and O–H groups in total. The first-order valence-electron chi connectivity index (χ1n) is 4.78. The number of aliphatic imine (C=N–C) groups is 1. The van der Waals surface area contributed by atoms with Gasteiger partial charge in [0.05, 0.1) is 12.4 Å². The Labute approximate surface area is 99.4 Å². The molecule has 0 aliphatic rings. The molecule has 0 aliphatic carbocycles. The van der Waals surface area contributed by atoms with Gasteiger partial charge in [0.15, 0.2) is 0 Å². The fraction of sp³-hybridized carbons (Fsp3) is 0.778. The molecule has 0 spiro atoms. The van der Waals surface area contributed by atoms with E-state index in [2.05, 4.69) is 4.99 Å². The number of amidine groups is 1. The third kappa shape index (κ3) is 5.94. The fourth-order valence-electron chi connectivity index (χ4n) is 0.964. The minimum absolute atomic E-state index is 0.00544. The average Bonchev–Trinajstić information content (AvgIpc) is 2.17. The molecule has 0 heterocycles. The van der Waals surface area contributed by atoms with Crippen LogP contribution in [0.2, 0.25) is 0 Å². The normalized spacial score (nSPS) is 15.8. The SMILES string of the molecule is COC[C@](N)(CSCCN=C(C)N)C(=O)O. The maximum absolute atomic E-state index is 10.9. The van der Waals surface area contributed by atoms with E-state index in [9.17, 15) is 4.79 Å². The number of nitrogens with zero attached hydrogens (tertiary/aromatic N) is 1. The fourth-order valence-corrected chi connectivity index (χ4v) is 1.90. The molecular weight excluding hydrogens is 230 g/mol. The molecule has 16 heavy (non-hydrogen) atoms. The van der Waals surface area contributed by atoms with Gasteiger partial charge in [0, 0.05) is 25.2 Å². The molecule has 0 bridgehead atoms. The quantitative estimate of drug-likeness (QED) is 0.304. The highest BCUT2D eigenvalue weighted by Crippen LogP contribution is 2.12. The third-order valence-electron chi connectivity index (χ3n) is 1.78. The Morgan fingerprint density at radius 1 is 1.62 bits per heavy atom. The zero-order valence-electron chi connectivity index (χ0n) is 9.60. The Morgan fingerprint density at radius 2 is 2.25 bits per heavy atom. The summed E-state index contributed by atoms with van der Waals surface area (Å²) in [4.78, 5) is 14.9. The molecule has 0 aromatic rings. The number of carbonyl (C=O) groups is 1. The van der Waals surface area contributed by atoms with E-state index >= 15 is 0 Å². The Balaban J connectivity index is 3.95. The predicted octanol–water partition coefficient (Wildman–Crippen LogP) is -0.475. The molecule has 0 saturated carbocycles. The van der Waals surface area contributed by atoms with Crippen LogP contribution < -0.4 is 11.5 Å².